The third-order valence-electron chi connectivity index (χ3n) is 2.04. The van der Waals surface area contributed by atoms with Gasteiger partial charge < -0.3 is 13.3 Å². The van der Waals surface area contributed by atoms with Gasteiger partial charge >= 0.3 is 9.28 Å². The average Bonchev–Trinajstić information content (AvgIpc) is 2.03. The molecule has 0 saturated carbocycles. The van der Waals surface area contributed by atoms with Crippen LogP contribution in [0.2, 0.25) is 6.04 Å². The molecule has 3 nitrogen and oxygen atoms in total. The van der Waals surface area contributed by atoms with E-state index in [-0.39, 0.29) is 0 Å². The molecule has 0 aliphatic heterocycles. The first-order valence-electron chi connectivity index (χ1n) is 4.85. The number of rotatable bonds is 7. The third-order valence-corrected chi connectivity index (χ3v) is 3.98. The van der Waals surface area contributed by atoms with Crippen molar-refractivity contribution in [3.05, 3.63) is 0 Å². The molecule has 0 aliphatic carbocycles. The van der Waals surface area contributed by atoms with E-state index in [1.54, 1.807) is 14.2 Å². The molecule has 80 valence electrons. The van der Waals surface area contributed by atoms with Gasteiger partial charge in [0.25, 0.3) is 0 Å². The van der Waals surface area contributed by atoms with Crippen molar-refractivity contribution in [2.24, 2.45) is 0 Å². The Morgan fingerprint density at radius 2 is 1.54 bits per heavy atom. The monoisotopic (exact) mass is 206 g/mol. The van der Waals surface area contributed by atoms with Crippen LogP contribution in [0.5, 0.6) is 0 Å². The highest BCUT2D eigenvalue weighted by atomic mass is 28.3. The quantitative estimate of drug-likeness (QED) is 0.351. The number of hydrogen-bond donors (Lipinski definition) is 0. The van der Waals surface area contributed by atoms with Crippen LogP contribution in [-0.2, 0) is 8.85 Å². The normalized spacial score (nSPS) is 12.5. The highest BCUT2D eigenvalue weighted by Gasteiger charge is 2.10. The summed E-state index contributed by atoms with van der Waals surface area (Å²) in [6.07, 6.45) is 2.49. The fraction of sp³-hybridized carbons (Fsp3) is 1.00. The maximum absolute atomic E-state index is 5.24. The van der Waals surface area contributed by atoms with Crippen molar-refractivity contribution < 1.29 is 13.3 Å². The Hall–Kier alpha value is 0.0969. The van der Waals surface area contributed by atoms with E-state index < -0.39 is 9.28 Å². The Labute approximate surface area is 84.1 Å². The molecule has 0 aromatic heterocycles. The molecule has 0 atom stereocenters. The van der Waals surface area contributed by atoms with Crippen molar-refractivity contribution in [1.29, 1.82) is 0 Å². The Balaban J connectivity index is 3.34. The zero-order chi connectivity index (χ0) is 10.3. The predicted octanol–water partition coefficient (Wildman–Crippen LogP) is 0.986. The summed E-state index contributed by atoms with van der Waals surface area (Å²) in [5, 5.41) is 0. The van der Waals surface area contributed by atoms with Gasteiger partial charge in [0.15, 0.2) is 0 Å². The Morgan fingerprint density at radius 3 is 1.92 bits per heavy atom. The minimum absolute atomic E-state index is 1.05. The highest BCUT2D eigenvalue weighted by Crippen LogP contribution is 2.05. The molecule has 0 aromatic carbocycles. The molecule has 0 amide bonds. The van der Waals surface area contributed by atoms with Crippen molar-refractivity contribution in [2.75, 3.05) is 41.9 Å². The SMILES string of the molecule is CO[SiH](CCCC[N+](C)(C)C)OC. The summed E-state index contributed by atoms with van der Waals surface area (Å²) < 4.78 is 11.5. The van der Waals surface area contributed by atoms with Crippen LogP contribution in [0.3, 0.4) is 0 Å². The number of unbranched alkanes of at least 4 members (excludes halogenated alkanes) is 1. The van der Waals surface area contributed by atoms with E-state index in [0.717, 1.165) is 10.5 Å². The summed E-state index contributed by atoms with van der Waals surface area (Å²) >= 11 is 0. The number of nitrogens with zero attached hydrogens (tertiary/aromatic N) is 1. The first-order chi connectivity index (χ1) is 5.99. The van der Waals surface area contributed by atoms with Crippen molar-refractivity contribution in [3.63, 3.8) is 0 Å². The summed E-state index contributed by atoms with van der Waals surface area (Å²) in [4.78, 5) is 0. The summed E-state index contributed by atoms with van der Waals surface area (Å²) in [6, 6.07) is 1.13. The second-order valence-electron chi connectivity index (χ2n) is 4.41. The van der Waals surface area contributed by atoms with Crippen molar-refractivity contribution in [1.82, 2.24) is 0 Å². The summed E-state index contributed by atoms with van der Waals surface area (Å²) in [5.41, 5.74) is 0. The maximum atomic E-state index is 5.24. The highest BCUT2D eigenvalue weighted by molar-refractivity contribution is 6.44. The van der Waals surface area contributed by atoms with Gasteiger partial charge in [-0.15, -0.1) is 0 Å². The van der Waals surface area contributed by atoms with E-state index in [0.29, 0.717) is 0 Å². The van der Waals surface area contributed by atoms with Gasteiger partial charge in [-0.2, -0.15) is 0 Å². The molecule has 0 rings (SSSR count). The van der Waals surface area contributed by atoms with Crippen molar-refractivity contribution in [3.8, 4) is 0 Å². The summed E-state index contributed by atoms with van der Waals surface area (Å²) in [7, 11) is 8.89. The zero-order valence-electron chi connectivity index (χ0n) is 9.67. The van der Waals surface area contributed by atoms with Crippen LogP contribution in [-0.4, -0.2) is 55.7 Å². The van der Waals surface area contributed by atoms with E-state index in [2.05, 4.69) is 21.1 Å². The van der Waals surface area contributed by atoms with Crippen LogP contribution in [0.4, 0.5) is 0 Å². The van der Waals surface area contributed by atoms with E-state index in [1.807, 2.05) is 0 Å². The largest absolute Gasteiger partial charge is 0.400 e. The van der Waals surface area contributed by atoms with Gasteiger partial charge in [-0.3, -0.25) is 0 Å². The van der Waals surface area contributed by atoms with E-state index in [4.69, 9.17) is 8.85 Å². The van der Waals surface area contributed by atoms with Gasteiger partial charge in [-0.25, -0.2) is 0 Å². The van der Waals surface area contributed by atoms with Crippen molar-refractivity contribution >= 4 is 9.28 Å². The van der Waals surface area contributed by atoms with Crippen LogP contribution >= 0.6 is 0 Å². The molecule has 0 N–H and O–H groups in total. The molecule has 0 aromatic rings. The van der Waals surface area contributed by atoms with Gasteiger partial charge in [0.1, 0.15) is 0 Å². The predicted molar refractivity (Wildman–Crippen MR) is 58.1 cm³/mol. The van der Waals surface area contributed by atoms with Crippen LogP contribution in [0.25, 0.3) is 0 Å². The molecule has 0 spiro atoms. The molecule has 0 unspecified atom stereocenters. The average molecular weight is 206 g/mol. The molecular formula is C9H24NO2Si+. The summed E-state index contributed by atoms with van der Waals surface area (Å²) in [5.74, 6) is 0. The lowest BCUT2D eigenvalue weighted by molar-refractivity contribution is -0.870. The lowest BCUT2D eigenvalue weighted by atomic mass is 10.3. The standard InChI is InChI=1S/C9H24NO2Si/c1-10(2,3)8-6-7-9-13(11-4)12-5/h13H,6-9H2,1-5H3/q+1. The lowest BCUT2D eigenvalue weighted by Crippen LogP contribution is -2.35. The molecule has 4 heteroatoms. The first kappa shape index (κ1) is 13.1. The van der Waals surface area contributed by atoms with Crippen LogP contribution in [0.1, 0.15) is 12.8 Å². The molecule has 0 aliphatic rings. The molecule has 0 heterocycles. The van der Waals surface area contributed by atoms with E-state index >= 15 is 0 Å². The van der Waals surface area contributed by atoms with Gasteiger partial charge in [0.05, 0.1) is 27.7 Å². The fourth-order valence-electron chi connectivity index (χ4n) is 1.23. The Morgan fingerprint density at radius 1 is 1.00 bits per heavy atom. The minimum Gasteiger partial charge on any atom is -0.400 e. The first-order valence-corrected chi connectivity index (χ1v) is 6.61. The lowest BCUT2D eigenvalue weighted by Gasteiger charge is -2.23. The number of hydrogen-bond acceptors (Lipinski definition) is 2. The fourth-order valence-corrected chi connectivity index (χ4v) is 2.51. The van der Waals surface area contributed by atoms with Crippen LogP contribution in [0, 0.1) is 0 Å². The molecule has 0 saturated heterocycles. The van der Waals surface area contributed by atoms with Gasteiger partial charge in [0, 0.05) is 14.2 Å². The zero-order valence-corrected chi connectivity index (χ0v) is 10.8. The topological polar surface area (TPSA) is 18.5 Å². The Kier molecular flexibility index (Phi) is 6.58. The maximum Gasteiger partial charge on any atom is 0.320 e. The molecule has 13 heavy (non-hydrogen) atoms. The van der Waals surface area contributed by atoms with Gasteiger partial charge in [-0.05, 0) is 18.9 Å². The smallest absolute Gasteiger partial charge is 0.320 e. The van der Waals surface area contributed by atoms with Crippen LogP contribution < -0.4 is 0 Å². The second kappa shape index (κ2) is 6.54. The minimum atomic E-state index is -1.28. The Bertz CT molecular complexity index is 121. The third kappa shape index (κ3) is 8.43. The second-order valence-corrected chi connectivity index (χ2v) is 6.79. The van der Waals surface area contributed by atoms with E-state index in [9.17, 15) is 0 Å². The summed E-state index contributed by atoms with van der Waals surface area (Å²) in [6.45, 7) is 1.23. The van der Waals surface area contributed by atoms with E-state index in [1.165, 1.54) is 19.4 Å². The molecular weight excluding hydrogens is 182 g/mol. The van der Waals surface area contributed by atoms with Gasteiger partial charge in [0.2, 0.25) is 0 Å². The molecule has 0 bridgehead atoms. The van der Waals surface area contributed by atoms with Crippen LogP contribution in [0.15, 0.2) is 0 Å². The van der Waals surface area contributed by atoms with Crippen molar-refractivity contribution in [2.45, 2.75) is 18.9 Å². The van der Waals surface area contributed by atoms with Gasteiger partial charge in [-0.1, -0.05) is 0 Å². The number of quaternary nitrogens is 1. The molecule has 0 fully saturated rings. The molecule has 0 radical (unpaired) electrons.